The predicted molar refractivity (Wildman–Crippen MR) is 152 cm³/mol. The molecule has 208 valence electrons. The van der Waals surface area contributed by atoms with Crippen LogP contribution in [0.15, 0.2) is 84.9 Å². The van der Waals surface area contributed by atoms with E-state index in [0.29, 0.717) is 18.7 Å². The Morgan fingerprint density at radius 3 is 2.05 bits per heavy atom. The summed E-state index contributed by atoms with van der Waals surface area (Å²) in [6.45, 7) is 2.75. The van der Waals surface area contributed by atoms with Gasteiger partial charge in [-0.25, -0.2) is 12.8 Å². The predicted octanol–water partition coefficient (Wildman–Crippen LogP) is 4.54. The highest BCUT2D eigenvalue weighted by atomic mass is 32.2. The van der Waals surface area contributed by atoms with Crippen molar-refractivity contribution < 1.29 is 22.4 Å². The molecule has 9 heteroatoms. The molecule has 0 radical (unpaired) electrons. The minimum absolute atomic E-state index is 0.0341. The van der Waals surface area contributed by atoms with E-state index in [9.17, 15) is 22.4 Å². The molecular formula is C30H36FN3O4S. The lowest BCUT2D eigenvalue weighted by molar-refractivity contribution is -0.141. The quantitative estimate of drug-likeness (QED) is 0.318. The highest BCUT2D eigenvalue weighted by Gasteiger charge is 2.30. The van der Waals surface area contributed by atoms with Gasteiger partial charge in [-0.3, -0.25) is 13.9 Å². The fourth-order valence-corrected chi connectivity index (χ4v) is 5.28. The van der Waals surface area contributed by atoms with Crippen molar-refractivity contribution in [2.75, 3.05) is 23.7 Å². The second-order valence-electron chi connectivity index (χ2n) is 9.42. The highest BCUT2D eigenvalue weighted by Crippen LogP contribution is 2.20. The molecule has 0 aliphatic heterocycles. The summed E-state index contributed by atoms with van der Waals surface area (Å²) in [4.78, 5) is 28.6. The Bertz CT molecular complexity index is 1300. The summed E-state index contributed by atoms with van der Waals surface area (Å²) in [5.74, 6) is -0.946. The van der Waals surface area contributed by atoms with Crippen LogP contribution in [-0.2, 0) is 32.6 Å². The fraction of sp³-hybridized carbons (Fsp3) is 0.333. The molecule has 0 aromatic heterocycles. The number of sulfonamides is 1. The molecule has 0 fully saturated rings. The SMILES string of the molecule is CCCNC(=O)C(Cc1ccccc1)N(Cc1ccccc1)C(=O)CCCN(c1ccc(F)cc1)S(C)(=O)=O. The molecule has 0 aliphatic rings. The molecule has 0 saturated carbocycles. The molecule has 3 aromatic carbocycles. The summed E-state index contributed by atoms with van der Waals surface area (Å²) in [7, 11) is -3.66. The molecule has 0 aliphatic carbocycles. The number of benzene rings is 3. The van der Waals surface area contributed by atoms with E-state index >= 15 is 0 Å². The molecule has 1 atom stereocenters. The number of carbonyl (C=O) groups excluding carboxylic acids is 2. The van der Waals surface area contributed by atoms with Crippen molar-refractivity contribution >= 4 is 27.5 Å². The third-order valence-corrected chi connectivity index (χ3v) is 7.48. The molecular weight excluding hydrogens is 517 g/mol. The van der Waals surface area contributed by atoms with Crippen LogP contribution in [-0.4, -0.2) is 50.5 Å². The van der Waals surface area contributed by atoms with Gasteiger partial charge >= 0.3 is 0 Å². The number of hydrogen-bond donors (Lipinski definition) is 1. The zero-order chi connectivity index (χ0) is 28.3. The fourth-order valence-electron chi connectivity index (χ4n) is 4.31. The van der Waals surface area contributed by atoms with Gasteiger partial charge in [0.1, 0.15) is 11.9 Å². The van der Waals surface area contributed by atoms with Gasteiger partial charge in [-0.1, -0.05) is 67.6 Å². The van der Waals surface area contributed by atoms with Gasteiger partial charge in [0, 0.05) is 32.5 Å². The summed E-state index contributed by atoms with van der Waals surface area (Å²) in [5, 5.41) is 2.94. The number of nitrogens with zero attached hydrogens (tertiary/aromatic N) is 2. The zero-order valence-electron chi connectivity index (χ0n) is 22.4. The Hall–Kier alpha value is -3.72. The molecule has 1 unspecified atom stereocenters. The van der Waals surface area contributed by atoms with Gasteiger partial charge < -0.3 is 10.2 Å². The largest absolute Gasteiger partial charge is 0.354 e. The number of amides is 2. The molecule has 3 aromatic rings. The molecule has 0 bridgehead atoms. The van der Waals surface area contributed by atoms with Crippen molar-refractivity contribution in [3.8, 4) is 0 Å². The maximum atomic E-state index is 13.7. The van der Waals surface area contributed by atoms with E-state index in [0.717, 1.165) is 28.1 Å². The first-order valence-electron chi connectivity index (χ1n) is 13.1. The van der Waals surface area contributed by atoms with Crippen LogP contribution in [0.5, 0.6) is 0 Å². The van der Waals surface area contributed by atoms with Gasteiger partial charge in [0.25, 0.3) is 0 Å². The first-order valence-corrected chi connectivity index (χ1v) is 14.9. The van der Waals surface area contributed by atoms with E-state index < -0.39 is 21.9 Å². The Morgan fingerprint density at radius 1 is 0.897 bits per heavy atom. The molecule has 0 heterocycles. The Morgan fingerprint density at radius 2 is 1.49 bits per heavy atom. The number of hydrogen-bond acceptors (Lipinski definition) is 4. The van der Waals surface area contributed by atoms with Crippen LogP contribution in [0.2, 0.25) is 0 Å². The van der Waals surface area contributed by atoms with Crippen LogP contribution < -0.4 is 9.62 Å². The van der Waals surface area contributed by atoms with Gasteiger partial charge in [-0.05, 0) is 48.2 Å². The number of carbonyl (C=O) groups is 2. The Kier molecular flexibility index (Phi) is 11.0. The Labute approximate surface area is 230 Å². The van der Waals surface area contributed by atoms with E-state index in [1.54, 1.807) is 4.90 Å². The maximum absolute atomic E-state index is 13.7. The number of halogens is 1. The van der Waals surface area contributed by atoms with Gasteiger partial charge in [0.2, 0.25) is 21.8 Å². The van der Waals surface area contributed by atoms with E-state index in [2.05, 4.69) is 5.32 Å². The second kappa shape index (κ2) is 14.4. The summed E-state index contributed by atoms with van der Waals surface area (Å²) in [5.41, 5.74) is 2.14. The van der Waals surface area contributed by atoms with Crippen LogP contribution in [0.25, 0.3) is 0 Å². The van der Waals surface area contributed by atoms with Crippen LogP contribution >= 0.6 is 0 Å². The van der Waals surface area contributed by atoms with Crippen LogP contribution in [0.1, 0.15) is 37.3 Å². The molecule has 7 nitrogen and oxygen atoms in total. The number of nitrogens with one attached hydrogen (secondary N) is 1. The number of anilines is 1. The van der Waals surface area contributed by atoms with Crippen LogP contribution in [0, 0.1) is 5.82 Å². The van der Waals surface area contributed by atoms with Crippen molar-refractivity contribution in [3.05, 3.63) is 102 Å². The average Bonchev–Trinajstić information content (AvgIpc) is 2.92. The average molecular weight is 554 g/mol. The topological polar surface area (TPSA) is 86.8 Å². The lowest BCUT2D eigenvalue weighted by atomic mass is 10.0. The van der Waals surface area contributed by atoms with Gasteiger partial charge in [-0.2, -0.15) is 0 Å². The van der Waals surface area contributed by atoms with Crippen molar-refractivity contribution in [1.82, 2.24) is 10.2 Å². The van der Waals surface area contributed by atoms with Crippen LogP contribution in [0.4, 0.5) is 10.1 Å². The van der Waals surface area contributed by atoms with Crippen molar-refractivity contribution in [2.45, 2.75) is 45.2 Å². The highest BCUT2D eigenvalue weighted by molar-refractivity contribution is 7.92. The first kappa shape index (κ1) is 29.8. The van der Waals surface area contributed by atoms with E-state index in [-0.39, 0.29) is 37.7 Å². The third kappa shape index (κ3) is 9.21. The second-order valence-corrected chi connectivity index (χ2v) is 11.3. The molecule has 0 saturated heterocycles. The van der Waals surface area contributed by atoms with E-state index in [4.69, 9.17) is 0 Å². The Balaban J connectivity index is 1.84. The summed E-state index contributed by atoms with van der Waals surface area (Å²) < 4.78 is 39.5. The molecule has 3 rings (SSSR count). The van der Waals surface area contributed by atoms with Crippen molar-refractivity contribution in [2.24, 2.45) is 0 Å². The van der Waals surface area contributed by atoms with Crippen LogP contribution in [0.3, 0.4) is 0 Å². The van der Waals surface area contributed by atoms with E-state index in [1.165, 1.54) is 24.3 Å². The van der Waals surface area contributed by atoms with Crippen molar-refractivity contribution in [1.29, 1.82) is 0 Å². The minimum atomic E-state index is -3.66. The third-order valence-electron chi connectivity index (χ3n) is 6.28. The van der Waals surface area contributed by atoms with Gasteiger partial charge in [-0.15, -0.1) is 0 Å². The lowest BCUT2D eigenvalue weighted by Crippen LogP contribution is -2.50. The first-order chi connectivity index (χ1) is 18.7. The molecule has 2 amide bonds. The molecule has 39 heavy (non-hydrogen) atoms. The zero-order valence-corrected chi connectivity index (χ0v) is 23.2. The van der Waals surface area contributed by atoms with Crippen molar-refractivity contribution in [3.63, 3.8) is 0 Å². The van der Waals surface area contributed by atoms with Gasteiger partial charge in [0.15, 0.2) is 0 Å². The minimum Gasteiger partial charge on any atom is -0.354 e. The standard InChI is InChI=1S/C30H36FN3O4S/c1-3-20-32-30(36)28(22-24-11-6-4-7-12-24)33(23-25-13-8-5-9-14-25)29(35)15-10-21-34(39(2,37)38)27-18-16-26(31)17-19-27/h4-9,11-14,16-19,28H,3,10,15,20-23H2,1-2H3,(H,32,36). The normalized spacial score (nSPS) is 12.0. The summed E-state index contributed by atoms with van der Waals surface area (Å²) in [6.07, 6.45) is 2.45. The molecule has 1 N–H and O–H groups in total. The lowest BCUT2D eigenvalue weighted by Gasteiger charge is -2.32. The molecule has 0 spiro atoms. The smallest absolute Gasteiger partial charge is 0.243 e. The van der Waals surface area contributed by atoms with Gasteiger partial charge in [0.05, 0.1) is 11.9 Å². The summed E-state index contributed by atoms with van der Waals surface area (Å²) >= 11 is 0. The monoisotopic (exact) mass is 553 g/mol. The number of rotatable bonds is 14. The maximum Gasteiger partial charge on any atom is 0.243 e. The summed E-state index contributed by atoms with van der Waals surface area (Å²) in [6, 6.07) is 23.5. The van der Waals surface area contributed by atoms with E-state index in [1.807, 2.05) is 67.6 Å².